The maximum Gasteiger partial charge on any atom is 0.251 e. The van der Waals surface area contributed by atoms with E-state index in [1.54, 1.807) is 13.2 Å². The van der Waals surface area contributed by atoms with E-state index in [4.69, 9.17) is 4.74 Å². The van der Waals surface area contributed by atoms with Gasteiger partial charge in [-0.3, -0.25) is 4.79 Å². The molecule has 0 saturated carbocycles. The number of hydrogen-bond acceptors (Lipinski definition) is 3. The zero-order valence-corrected chi connectivity index (χ0v) is 13.6. The summed E-state index contributed by atoms with van der Waals surface area (Å²) >= 11 is 0. The van der Waals surface area contributed by atoms with E-state index in [0.717, 1.165) is 24.3 Å². The van der Waals surface area contributed by atoms with E-state index >= 15 is 0 Å². The molecule has 1 aliphatic heterocycles. The van der Waals surface area contributed by atoms with Gasteiger partial charge in [0, 0.05) is 18.2 Å². The molecule has 120 valence electrons. The number of nitrogens with one attached hydrogen (secondary N) is 2. The summed E-state index contributed by atoms with van der Waals surface area (Å²) in [6, 6.07) is 14.1. The van der Waals surface area contributed by atoms with Crippen molar-refractivity contribution in [3.8, 4) is 5.75 Å². The number of hydrogen-bond donors (Lipinski definition) is 2. The summed E-state index contributed by atoms with van der Waals surface area (Å²) < 4.78 is 5.28. The lowest BCUT2D eigenvalue weighted by molar-refractivity contribution is 0.0948. The van der Waals surface area contributed by atoms with Crippen molar-refractivity contribution in [3.63, 3.8) is 0 Å². The average Bonchev–Trinajstić information content (AvgIpc) is 2.60. The van der Waals surface area contributed by atoms with Crippen molar-refractivity contribution in [2.75, 3.05) is 20.2 Å². The molecule has 1 aliphatic rings. The first-order valence-electron chi connectivity index (χ1n) is 7.93. The normalized spacial score (nSPS) is 16.5. The van der Waals surface area contributed by atoms with Crippen LogP contribution >= 0.6 is 0 Å². The third kappa shape index (κ3) is 3.37. The second-order valence-corrected chi connectivity index (χ2v) is 5.85. The topological polar surface area (TPSA) is 50.4 Å². The molecular weight excluding hydrogens is 288 g/mol. The van der Waals surface area contributed by atoms with Gasteiger partial charge in [-0.25, -0.2) is 0 Å². The first kappa shape index (κ1) is 15.6. The number of ether oxygens (including phenoxy) is 1. The summed E-state index contributed by atoms with van der Waals surface area (Å²) in [7, 11) is 1.62. The zero-order valence-electron chi connectivity index (χ0n) is 13.6. The third-order valence-corrected chi connectivity index (χ3v) is 4.35. The van der Waals surface area contributed by atoms with E-state index in [-0.39, 0.29) is 11.9 Å². The lowest BCUT2D eigenvalue weighted by Crippen LogP contribution is -2.38. The fraction of sp³-hybridized carbons (Fsp3) is 0.316. The molecule has 3 rings (SSSR count). The summed E-state index contributed by atoms with van der Waals surface area (Å²) in [4.78, 5) is 12.4. The van der Waals surface area contributed by atoms with Gasteiger partial charge in [0.15, 0.2) is 0 Å². The molecule has 0 aliphatic carbocycles. The second-order valence-electron chi connectivity index (χ2n) is 5.85. The molecule has 23 heavy (non-hydrogen) atoms. The molecule has 0 bridgehead atoms. The highest BCUT2D eigenvalue weighted by atomic mass is 16.5. The number of benzene rings is 2. The van der Waals surface area contributed by atoms with Crippen molar-refractivity contribution >= 4 is 5.91 Å². The minimum Gasteiger partial charge on any atom is -0.496 e. The molecule has 1 atom stereocenters. The molecule has 1 unspecified atom stereocenters. The van der Waals surface area contributed by atoms with E-state index in [1.165, 1.54) is 11.1 Å². The standard InChI is InChI=1S/C19H22N2O2/c1-13-7-8-15(11-18(13)23-2)19(22)21-12-17-16-6-4-3-5-14(16)9-10-20-17/h3-8,11,17,20H,9-10,12H2,1-2H3,(H,21,22). The van der Waals surface area contributed by atoms with E-state index in [0.29, 0.717) is 12.1 Å². The monoisotopic (exact) mass is 310 g/mol. The van der Waals surface area contributed by atoms with Crippen LogP contribution in [-0.4, -0.2) is 26.1 Å². The van der Waals surface area contributed by atoms with Crippen LogP contribution in [0.25, 0.3) is 0 Å². The molecule has 0 spiro atoms. The first-order valence-corrected chi connectivity index (χ1v) is 7.93. The van der Waals surface area contributed by atoms with E-state index in [2.05, 4.69) is 28.8 Å². The Kier molecular flexibility index (Phi) is 4.63. The molecule has 0 radical (unpaired) electrons. The summed E-state index contributed by atoms with van der Waals surface area (Å²) in [6.07, 6.45) is 1.04. The molecule has 4 heteroatoms. The smallest absolute Gasteiger partial charge is 0.251 e. The lowest BCUT2D eigenvalue weighted by Gasteiger charge is -2.27. The van der Waals surface area contributed by atoms with Gasteiger partial charge >= 0.3 is 0 Å². The third-order valence-electron chi connectivity index (χ3n) is 4.35. The number of carbonyl (C=O) groups excluding carboxylic acids is 1. The Balaban J connectivity index is 1.68. The van der Waals surface area contributed by atoms with Crippen molar-refractivity contribution in [1.82, 2.24) is 10.6 Å². The SMILES string of the molecule is COc1cc(C(=O)NCC2NCCc3ccccc32)ccc1C. The number of amides is 1. The van der Waals surface area contributed by atoms with E-state index in [9.17, 15) is 4.79 Å². The van der Waals surface area contributed by atoms with Crippen LogP contribution in [0.5, 0.6) is 5.75 Å². The van der Waals surface area contributed by atoms with Crippen LogP contribution in [0.15, 0.2) is 42.5 Å². The largest absolute Gasteiger partial charge is 0.496 e. The van der Waals surface area contributed by atoms with Gasteiger partial charge in [-0.1, -0.05) is 30.3 Å². The Morgan fingerprint density at radius 2 is 2.13 bits per heavy atom. The van der Waals surface area contributed by atoms with Gasteiger partial charge in [0.2, 0.25) is 0 Å². The molecule has 0 fully saturated rings. The van der Waals surface area contributed by atoms with Gasteiger partial charge in [-0.2, -0.15) is 0 Å². The summed E-state index contributed by atoms with van der Waals surface area (Å²) in [5.74, 6) is 0.659. The second kappa shape index (κ2) is 6.84. The fourth-order valence-electron chi connectivity index (χ4n) is 3.03. The summed E-state index contributed by atoms with van der Waals surface area (Å²) in [6.45, 7) is 3.48. The van der Waals surface area contributed by atoms with Crippen LogP contribution in [-0.2, 0) is 6.42 Å². The van der Waals surface area contributed by atoms with E-state index < -0.39 is 0 Å². The highest BCUT2D eigenvalue weighted by Gasteiger charge is 2.20. The van der Waals surface area contributed by atoms with Gasteiger partial charge in [0.1, 0.15) is 5.75 Å². The molecule has 2 aromatic rings. The van der Waals surface area contributed by atoms with Gasteiger partial charge in [0.25, 0.3) is 5.91 Å². The molecule has 0 saturated heterocycles. The molecule has 0 aromatic heterocycles. The van der Waals surface area contributed by atoms with Crippen LogP contribution < -0.4 is 15.4 Å². The highest BCUT2D eigenvalue weighted by Crippen LogP contribution is 2.22. The molecule has 4 nitrogen and oxygen atoms in total. The van der Waals surface area contributed by atoms with Gasteiger partial charge < -0.3 is 15.4 Å². The Morgan fingerprint density at radius 3 is 2.96 bits per heavy atom. The van der Waals surface area contributed by atoms with Crippen LogP contribution in [0.2, 0.25) is 0 Å². The first-order chi connectivity index (χ1) is 11.2. The Hall–Kier alpha value is -2.33. The van der Waals surface area contributed by atoms with Crippen molar-refractivity contribution in [2.45, 2.75) is 19.4 Å². The Morgan fingerprint density at radius 1 is 1.30 bits per heavy atom. The fourth-order valence-corrected chi connectivity index (χ4v) is 3.03. The highest BCUT2D eigenvalue weighted by molar-refractivity contribution is 5.94. The van der Waals surface area contributed by atoms with Crippen molar-refractivity contribution in [3.05, 3.63) is 64.7 Å². The van der Waals surface area contributed by atoms with Crippen molar-refractivity contribution in [2.24, 2.45) is 0 Å². The van der Waals surface area contributed by atoms with Crippen molar-refractivity contribution in [1.29, 1.82) is 0 Å². The zero-order chi connectivity index (χ0) is 16.2. The molecule has 2 aromatic carbocycles. The minimum atomic E-state index is -0.0758. The number of aryl methyl sites for hydroxylation is 1. The maximum atomic E-state index is 12.4. The number of fused-ring (bicyclic) bond motifs is 1. The van der Waals surface area contributed by atoms with Gasteiger partial charge in [-0.05, 0) is 48.7 Å². The van der Waals surface area contributed by atoms with Crippen LogP contribution in [0, 0.1) is 6.92 Å². The number of carbonyl (C=O) groups is 1. The number of methoxy groups -OCH3 is 1. The predicted molar refractivity (Wildman–Crippen MR) is 91.0 cm³/mol. The van der Waals surface area contributed by atoms with Gasteiger partial charge in [0.05, 0.1) is 7.11 Å². The summed E-state index contributed by atoms with van der Waals surface area (Å²) in [5, 5.41) is 6.50. The van der Waals surface area contributed by atoms with E-state index in [1.807, 2.05) is 25.1 Å². The average molecular weight is 310 g/mol. The molecule has 2 N–H and O–H groups in total. The van der Waals surface area contributed by atoms with Crippen LogP contribution in [0.3, 0.4) is 0 Å². The quantitative estimate of drug-likeness (QED) is 0.913. The summed E-state index contributed by atoms with van der Waals surface area (Å²) in [5.41, 5.74) is 4.28. The lowest BCUT2D eigenvalue weighted by atomic mass is 9.94. The molecule has 1 amide bonds. The maximum absolute atomic E-state index is 12.4. The minimum absolute atomic E-state index is 0.0758. The molecule has 1 heterocycles. The van der Waals surface area contributed by atoms with Gasteiger partial charge in [-0.15, -0.1) is 0 Å². The van der Waals surface area contributed by atoms with Crippen LogP contribution in [0.4, 0.5) is 0 Å². The Bertz CT molecular complexity index is 712. The Labute approximate surface area is 136 Å². The number of rotatable bonds is 4. The molecular formula is C19H22N2O2. The van der Waals surface area contributed by atoms with Crippen LogP contribution in [0.1, 0.15) is 33.1 Å². The predicted octanol–water partition coefficient (Wildman–Crippen LogP) is 2.62. The van der Waals surface area contributed by atoms with Crippen molar-refractivity contribution < 1.29 is 9.53 Å².